The van der Waals surface area contributed by atoms with E-state index in [2.05, 4.69) is 29.4 Å². The second-order valence-corrected chi connectivity index (χ2v) is 3.82. The van der Waals surface area contributed by atoms with Gasteiger partial charge in [0.1, 0.15) is 0 Å². The molecular weight excluding hydrogens is 190 g/mol. The molecule has 1 N–H and O–H groups in total. The van der Waals surface area contributed by atoms with Gasteiger partial charge in [-0.05, 0) is 26.0 Å². The number of ether oxygens (including phenoxy) is 1. The zero-order valence-electron chi connectivity index (χ0n) is 9.66. The minimum absolute atomic E-state index is 0.532. The summed E-state index contributed by atoms with van der Waals surface area (Å²) in [5.41, 5.74) is 0.906. The Morgan fingerprint density at radius 2 is 2.13 bits per heavy atom. The normalized spacial score (nSPS) is 10.7. The van der Waals surface area contributed by atoms with Crippen molar-refractivity contribution in [3.8, 4) is 5.88 Å². The average molecular weight is 209 g/mol. The fourth-order valence-corrected chi connectivity index (χ4v) is 1.10. The van der Waals surface area contributed by atoms with Gasteiger partial charge in [-0.25, -0.2) is 0 Å². The number of nitrogens with one attached hydrogen (secondary N) is 1. The Balaban J connectivity index is 2.12. The predicted octanol–water partition coefficient (Wildman–Crippen LogP) is 1.55. The molecule has 0 radical (unpaired) electrons. The molecule has 0 amide bonds. The van der Waals surface area contributed by atoms with Gasteiger partial charge in [0.25, 0.3) is 0 Å². The summed E-state index contributed by atoms with van der Waals surface area (Å²) in [6.07, 6.45) is 0.980. The quantitative estimate of drug-likeness (QED) is 0.722. The number of aromatic nitrogens is 2. The largest absolute Gasteiger partial charge is 0.477 e. The molecule has 0 saturated carbocycles. The van der Waals surface area contributed by atoms with Crippen LogP contribution in [0.15, 0.2) is 12.1 Å². The molecule has 0 bridgehead atoms. The summed E-state index contributed by atoms with van der Waals surface area (Å²) >= 11 is 0. The second kappa shape index (κ2) is 6.35. The smallest absolute Gasteiger partial charge is 0.233 e. The van der Waals surface area contributed by atoms with Crippen molar-refractivity contribution in [1.82, 2.24) is 15.5 Å². The molecule has 0 aliphatic heterocycles. The van der Waals surface area contributed by atoms with Crippen LogP contribution in [-0.2, 0) is 0 Å². The lowest BCUT2D eigenvalue weighted by Crippen LogP contribution is -2.24. The van der Waals surface area contributed by atoms with Gasteiger partial charge in [-0.2, -0.15) is 5.10 Å². The van der Waals surface area contributed by atoms with Crippen LogP contribution in [0.3, 0.4) is 0 Å². The molecule has 1 heterocycles. The van der Waals surface area contributed by atoms with Gasteiger partial charge in [-0.15, -0.1) is 5.10 Å². The van der Waals surface area contributed by atoms with Gasteiger partial charge in [0, 0.05) is 12.1 Å². The third-order valence-corrected chi connectivity index (χ3v) is 1.90. The average Bonchev–Trinajstić information content (AvgIpc) is 2.20. The lowest BCUT2D eigenvalue weighted by atomic mass is 10.3. The van der Waals surface area contributed by atoms with E-state index in [4.69, 9.17) is 4.74 Å². The summed E-state index contributed by atoms with van der Waals surface area (Å²) in [6.45, 7) is 7.82. The van der Waals surface area contributed by atoms with Crippen LogP contribution in [0.1, 0.15) is 26.0 Å². The third kappa shape index (κ3) is 5.32. The first kappa shape index (κ1) is 11.9. The molecule has 84 valence electrons. The molecule has 0 fully saturated rings. The molecule has 1 rings (SSSR count). The molecule has 0 aromatic carbocycles. The van der Waals surface area contributed by atoms with Crippen LogP contribution in [0.25, 0.3) is 0 Å². The molecule has 0 saturated heterocycles. The number of hydrogen-bond donors (Lipinski definition) is 1. The van der Waals surface area contributed by atoms with E-state index in [-0.39, 0.29) is 0 Å². The van der Waals surface area contributed by atoms with Gasteiger partial charge in [0.2, 0.25) is 5.88 Å². The summed E-state index contributed by atoms with van der Waals surface area (Å²) < 4.78 is 5.43. The van der Waals surface area contributed by atoms with Crippen LogP contribution in [0.2, 0.25) is 0 Å². The van der Waals surface area contributed by atoms with Crippen LogP contribution in [-0.4, -0.2) is 29.4 Å². The van der Waals surface area contributed by atoms with Crippen LogP contribution in [0.5, 0.6) is 5.88 Å². The van der Waals surface area contributed by atoms with Crippen molar-refractivity contribution < 1.29 is 4.74 Å². The fourth-order valence-electron chi connectivity index (χ4n) is 1.10. The topological polar surface area (TPSA) is 47.0 Å². The Kier molecular flexibility index (Phi) is 5.04. The standard InChI is InChI=1S/C11H19N3O/c1-9(2)12-7-4-8-15-11-6-5-10(3)13-14-11/h5-6,9,12H,4,7-8H2,1-3H3. The molecule has 1 aromatic heterocycles. The molecular formula is C11H19N3O. The molecule has 4 nitrogen and oxygen atoms in total. The molecule has 4 heteroatoms. The van der Waals surface area contributed by atoms with Crippen molar-refractivity contribution in [3.63, 3.8) is 0 Å². The maximum absolute atomic E-state index is 5.43. The van der Waals surface area contributed by atoms with Crippen molar-refractivity contribution in [2.24, 2.45) is 0 Å². The summed E-state index contributed by atoms with van der Waals surface area (Å²) in [5.74, 6) is 0.602. The highest BCUT2D eigenvalue weighted by molar-refractivity contribution is 5.09. The number of hydrogen-bond acceptors (Lipinski definition) is 4. The van der Waals surface area contributed by atoms with E-state index in [1.165, 1.54) is 0 Å². The molecule has 0 spiro atoms. The van der Waals surface area contributed by atoms with Gasteiger partial charge in [0.05, 0.1) is 12.3 Å². The van der Waals surface area contributed by atoms with E-state index >= 15 is 0 Å². The van der Waals surface area contributed by atoms with Crippen LogP contribution in [0, 0.1) is 6.92 Å². The Hall–Kier alpha value is -1.16. The SMILES string of the molecule is Cc1ccc(OCCCNC(C)C)nn1. The Morgan fingerprint density at radius 3 is 2.73 bits per heavy atom. The summed E-state index contributed by atoms with van der Waals surface area (Å²) in [6, 6.07) is 4.27. The van der Waals surface area contributed by atoms with Crippen molar-refractivity contribution in [2.75, 3.05) is 13.2 Å². The highest BCUT2D eigenvalue weighted by Crippen LogP contribution is 2.03. The van der Waals surface area contributed by atoms with Crippen LogP contribution < -0.4 is 10.1 Å². The highest BCUT2D eigenvalue weighted by atomic mass is 16.5. The second-order valence-electron chi connectivity index (χ2n) is 3.82. The van der Waals surface area contributed by atoms with Crippen molar-refractivity contribution in [2.45, 2.75) is 33.2 Å². The van der Waals surface area contributed by atoms with E-state index < -0.39 is 0 Å². The zero-order chi connectivity index (χ0) is 11.1. The van der Waals surface area contributed by atoms with E-state index in [0.29, 0.717) is 18.5 Å². The third-order valence-electron chi connectivity index (χ3n) is 1.90. The van der Waals surface area contributed by atoms with Crippen LogP contribution in [0.4, 0.5) is 0 Å². The summed E-state index contributed by atoms with van der Waals surface area (Å²) in [5, 5.41) is 11.2. The van der Waals surface area contributed by atoms with Crippen molar-refractivity contribution >= 4 is 0 Å². The number of nitrogens with zero attached hydrogens (tertiary/aromatic N) is 2. The lowest BCUT2D eigenvalue weighted by molar-refractivity contribution is 0.291. The van der Waals surface area contributed by atoms with Gasteiger partial charge < -0.3 is 10.1 Å². The maximum Gasteiger partial charge on any atom is 0.233 e. The van der Waals surface area contributed by atoms with Gasteiger partial charge in [0.15, 0.2) is 0 Å². The van der Waals surface area contributed by atoms with E-state index in [1.807, 2.05) is 19.1 Å². The summed E-state index contributed by atoms with van der Waals surface area (Å²) in [7, 11) is 0. The Bertz CT molecular complexity index is 272. The van der Waals surface area contributed by atoms with E-state index in [9.17, 15) is 0 Å². The minimum Gasteiger partial charge on any atom is -0.477 e. The zero-order valence-corrected chi connectivity index (χ0v) is 9.66. The molecule has 0 atom stereocenters. The predicted molar refractivity (Wildman–Crippen MR) is 60.0 cm³/mol. The fraction of sp³-hybridized carbons (Fsp3) is 0.636. The molecule has 0 unspecified atom stereocenters. The monoisotopic (exact) mass is 209 g/mol. The maximum atomic E-state index is 5.43. The molecule has 15 heavy (non-hydrogen) atoms. The lowest BCUT2D eigenvalue weighted by Gasteiger charge is -2.08. The highest BCUT2D eigenvalue weighted by Gasteiger charge is 1.96. The van der Waals surface area contributed by atoms with Gasteiger partial charge in [-0.3, -0.25) is 0 Å². The first-order chi connectivity index (χ1) is 7.18. The molecule has 1 aromatic rings. The minimum atomic E-state index is 0.532. The van der Waals surface area contributed by atoms with E-state index in [0.717, 1.165) is 18.7 Å². The van der Waals surface area contributed by atoms with E-state index in [1.54, 1.807) is 0 Å². The molecule has 0 aliphatic carbocycles. The number of rotatable bonds is 6. The summed E-state index contributed by atoms with van der Waals surface area (Å²) in [4.78, 5) is 0. The van der Waals surface area contributed by atoms with Crippen molar-refractivity contribution in [3.05, 3.63) is 17.8 Å². The molecule has 0 aliphatic rings. The van der Waals surface area contributed by atoms with Crippen LogP contribution >= 0.6 is 0 Å². The first-order valence-electron chi connectivity index (χ1n) is 5.35. The van der Waals surface area contributed by atoms with Crippen molar-refractivity contribution in [1.29, 1.82) is 0 Å². The van der Waals surface area contributed by atoms with Gasteiger partial charge in [-0.1, -0.05) is 13.8 Å². The van der Waals surface area contributed by atoms with Gasteiger partial charge >= 0.3 is 0 Å². The number of aryl methyl sites for hydroxylation is 1. The Morgan fingerprint density at radius 1 is 1.33 bits per heavy atom. The first-order valence-corrected chi connectivity index (χ1v) is 5.35. The Labute approximate surface area is 91.1 Å².